The molecule has 1 N–H and O–H groups in total. The summed E-state index contributed by atoms with van der Waals surface area (Å²) in [5.74, 6) is 1.07. The number of hydrogen-bond donors (Lipinski definition) is 1. The van der Waals surface area contributed by atoms with Gasteiger partial charge in [-0.2, -0.15) is 11.8 Å². The molecule has 2 atom stereocenters. The summed E-state index contributed by atoms with van der Waals surface area (Å²) in [6.07, 6.45) is 4.24. The van der Waals surface area contributed by atoms with E-state index in [9.17, 15) is 4.79 Å². The second kappa shape index (κ2) is 7.32. The van der Waals surface area contributed by atoms with E-state index in [1.807, 2.05) is 24.8 Å². The molecular weight excluding hydrogens is 292 g/mol. The Kier molecular flexibility index (Phi) is 5.73. The molecule has 1 amide bonds. The fourth-order valence-electron chi connectivity index (χ4n) is 2.62. The smallest absolute Gasteiger partial charge is 0.251 e. The largest absolute Gasteiger partial charge is 0.348 e. The number of halogens is 1. The third kappa shape index (κ3) is 3.89. The van der Waals surface area contributed by atoms with Crippen molar-refractivity contribution in [1.29, 1.82) is 0 Å². The second-order valence-electron chi connectivity index (χ2n) is 5.03. The number of hydrogen-bond acceptors (Lipinski definition) is 3. The molecule has 0 radical (unpaired) electrons. The van der Waals surface area contributed by atoms with Crippen molar-refractivity contribution in [2.75, 3.05) is 5.75 Å². The first-order valence-electron chi connectivity index (χ1n) is 7.23. The Morgan fingerprint density at radius 3 is 2.95 bits per heavy atom. The molecule has 3 nitrogen and oxygen atoms in total. The third-order valence-corrected chi connectivity index (χ3v) is 5.14. The molecule has 0 aromatic carbocycles. The lowest BCUT2D eigenvalue weighted by Gasteiger charge is -2.20. The Bertz CT molecular complexity index is 481. The molecule has 1 heterocycles. The third-order valence-electron chi connectivity index (χ3n) is 3.62. The quantitative estimate of drug-likeness (QED) is 0.843. The lowest BCUT2D eigenvalue weighted by atomic mass is 10.1. The summed E-state index contributed by atoms with van der Waals surface area (Å²) < 4.78 is 0. The van der Waals surface area contributed by atoms with Gasteiger partial charge in [0.05, 0.1) is 0 Å². The highest BCUT2D eigenvalue weighted by molar-refractivity contribution is 7.99. The summed E-state index contributed by atoms with van der Waals surface area (Å²) in [5.41, 5.74) is 1.47. The van der Waals surface area contributed by atoms with Crippen LogP contribution in [-0.2, 0) is 6.42 Å². The van der Waals surface area contributed by atoms with Gasteiger partial charge >= 0.3 is 0 Å². The second-order valence-corrected chi connectivity index (χ2v) is 6.93. The van der Waals surface area contributed by atoms with Gasteiger partial charge in [0.2, 0.25) is 0 Å². The molecule has 1 aliphatic rings. The van der Waals surface area contributed by atoms with Gasteiger partial charge in [-0.1, -0.05) is 31.9 Å². The molecule has 0 saturated heterocycles. The number of pyridine rings is 1. The molecule has 1 fully saturated rings. The summed E-state index contributed by atoms with van der Waals surface area (Å²) >= 11 is 7.91. The Balaban J connectivity index is 2.06. The van der Waals surface area contributed by atoms with Crippen LogP contribution in [0.25, 0.3) is 0 Å². The zero-order chi connectivity index (χ0) is 14.5. The van der Waals surface area contributed by atoms with Crippen molar-refractivity contribution < 1.29 is 4.79 Å². The number of nitrogens with one attached hydrogen (secondary N) is 1. The van der Waals surface area contributed by atoms with Gasteiger partial charge in [0.25, 0.3) is 5.91 Å². The Morgan fingerprint density at radius 1 is 1.45 bits per heavy atom. The van der Waals surface area contributed by atoms with E-state index in [1.54, 1.807) is 6.07 Å². The van der Waals surface area contributed by atoms with Gasteiger partial charge < -0.3 is 5.32 Å². The molecule has 0 bridgehead atoms. The molecular formula is C15H21ClN2OS. The van der Waals surface area contributed by atoms with E-state index in [4.69, 9.17) is 11.6 Å². The van der Waals surface area contributed by atoms with E-state index in [1.165, 1.54) is 12.8 Å². The molecule has 110 valence electrons. The number of rotatable bonds is 5. The Hall–Kier alpha value is -0.740. The Labute approximate surface area is 129 Å². The van der Waals surface area contributed by atoms with Crippen LogP contribution in [0.5, 0.6) is 0 Å². The predicted molar refractivity (Wildman–Crippen MR) is 85.7 cm³/mol. The van der Waals surface area contributed by atoms with Gasteiger partial charge in [0, 0.05) is 22.5 Å². The van der Waals surface area contributed by atoms with E-state index < -0.39 is 0 Å². The van der Waals surface area contributed by atoms with E-state index in [0.717, 1.165) is 24.3 Å². The molecule has 0 aliphatic heterocycles. The SMILES string of the molecule is CCSC1CCCC1NC(=O)c1cc(Cl)nc(CC)c1. The number of aromatic nitrogens is 1. The van der Waals surface area contributed by atoms with Crippen LogP contribution in [-0.4, -0.2) is 27.9 Å². The topological polar surface area (TPSA) is 42.0 Å². The van der Waals surface area contributed by atoms with Gasteiger partial charge in [-0.25, -0.2) is 4.98 Å². The minimum atomic E-state index is -0.0300. The lowest BCUT2D eigenvalue weighted by Crippen LogP contribution is -2.38. The number of thioether (sulfide) groups is 1. The van der Waals surface area contributed by atoms with Crippen LogP contribution >= 0.6 is 23.4 Å². The zero-order valence-electron chi connectivity index (χ0n) is 12.0. The van der Waals surface area contributed by atoms with E-state index in [-0.39, 0.29) is 11.9 Å². The normalized spacial score (nSPS) is 21.9. The molecule has 2 rings (SSSR count). The number of nitrogens with zero attached hydrogens (tertiary/aromatic N) is 1. The van der Waals surface area contributed by atoms with Crippen LogP contribution in [0, 0.1) is 0 Å². The van der Waals surface area contributed by atoms with Crippen molar-refractivity contribution in [3.8, 4) is 0 Å². The molecule has 1 aromatic heterocycles. The summed E-state index contributed by atoms with van der Waals surface area (Å²) in [7, 11) is 0. The van der Waals surface area contributed by atoms with E-state index >= 15 is 0 Å². The van der Waals surface area contributed by atoms with E-state index in [2.05, 4.69) is 17.2 Å². The van der Waals surface area contributed by atoms with Gasteiger partial charge in [-0.05, 0) is 37.1 Å². The van der Waals surface area contributed by atoms with Gasteiger partial charge in [-0.3, -0.25) is 4.79 Å². The fourth-order valence-corrected chi connectivity index (χ4v) is 4.04. The van der Waals surface area contributed by atoms with Gasteiger partial charge in [0.1, 0.15) is 5.15 Å². The van der Waals surface area contributed by atoms with Crippen LogP contribution in [0.15, 0.2) is 12.1 Å². The zero-order valence-corrected chi connectivity index (χ0v) is 13.6. The minimum Gasteiger partial charge on any atom is -0.348 e. The molecule has 1 aliphatic carbocycles. The van der Waals surface area contributed by atoms with Crippen LogP contribution < -0.4 is 5.32 Å². The highest BCUT2D eigenvalue weighted by Gasteiger charge is 2.28. The molecule has 20 heavy (non-hydrogen) atoms. The predicted octanol–water partition coefficient (Wildman–Crippen LogP) is 3.70. The molecule has 2 unspecified atom stereocenters. The van der Waals surface area contributed by atoms with Crippen LogP contribution in [0.3, 0.4) is 0 Å². The number of carbonyl (C=O) groups excluding carboxylic acids is 1. The molecule has 1 aromatic rings. The van der Waals surface area contributed by atoms with Crippen LogP contribution in [0.4, 0.5) is 0 Å². The summed E-state index contributed by atoms with van der Waals surface area (Å²) in [6, 6.07) is 3.76. The monoisotopic (exact) mass is 312 g/mol. The average Bonchev–Trinajstić information content (AvgIpc) is 2.85. The summed E-state index contributed by atoms with van der Waals surface area (Å²) in [6.45, 7) is 4.17. The first-order chi connectivity index (χ1) is 9.63. The minimum absolute atomic E-state index is 0.0300. The van der Waals surface area contributed by atoms with Crippen LogP contribution in [0.1, 0.15) is 49.2 Å². The molecule has 5 heteroatoms. The van der Waals surface area contributed by atoms with Gasteiger partial charge in [-0.15, -0.1) is 0 Å². The van der Waals surface area contributed by atoms with Crippen molar-refractivity contribution in [1.82, 2.24) is 10.3 Å². The standard InChI is InChI=1S/C15H21ClN2OS/c1-3-11-8-10(9-14(16)17-11)15(19)18-12-6-5-7-13(12)20-4-2/h8-9,12-13H,3-7H2,1-2H3,(H,18,19). The van der Waals surface area contributed by atoms with E-state index in [0.29, 0.717) is 16.0 Å². The molecule has 0 spiro atoms. The highest BCUT2D eigenvalue weighted by Crippen LogP contribution is 2.30. The van der Waals surface area contributed by atoms with Crippen molar-refractivity contribution in [2.24, 2.45) is 0 Å². The lowest BCUT2D eigenvalue weighted by molar-refractivity contribution is 0.0938. The number of carbonyl (C=O) groups is 1. The first kappa shape index (κ1) is 15.6. The van der Waals surface area contributed by atoms with Gasteiger partial charge in [0.15, 0.2) is 0 Å². The maximum Gasteiger partial charge on any atom is 0.251 e. The van der Waals surface area contributed by atoms with Crippen LogP contribution in [0.2, 0.25) is 5.15 Å². The number of amides is 1. The Morgan fingerprint density at radius 2 is 2.25 bits per heavy atom. The first-order valence-corrected chi connectivity index (χ1v) is 8.65. The summed E-state index contributed by atoms with van der Waals surface area (Å²) in [4.78, 5) is 16.6. The fraction of sp³-hybridized carbons (Fsp3) is 0.600. The average molecular weight is 313 g/mol. The summed E-state index contributed by atoms with van der Waals surface area (Å²) in [5, 5.41) is 4.10. The highest BCUT2D eigenvalue weighted by atomic mass is 35.5. The van der Waals surface area contributed by atoms with Crippen molar-refractivity contribution in [2.45, 2.75) is 50.8 Å². The van der Waals surface area contributed by atoms with Crippen molar-refractivity contribution in [3.05, 3.63) is 28.5 Å². The van der Waals surface area contributed by atoms with Crippen molar-refractivity contribution >= 4 is 29.3 Å². The maximum atomic E-state index is 12.4. The van der Waals surface area contributed by atoms with Crippen molar-refractivity contribution in [3.63, 3.8) is 0 Å². The molecule has 1 saturated carbocycles. The number of aryl methyl sites for hydroxylation is 1. The maximum absolute atomic E-state index is 12.4.